The molecule has 0 aromatic carbocycles. The maximum absolute atomic E-state index is 14.3. The first-order valence-electron chi connectivity index (χ1n) is 12.3. The number of halogens is 1. The molecule has 192 valence electrons. The SMILES string of the molecule is Cc1cn([C@H]2C[C@H](F)[C@@H](COC(=O)CCCCCCCCCCCCC(=O)O)O2)c(=O)[nH]c1=O. The van der Waals surface area contributed by atoms with Gasteiger partial charge in [0, 0.05) is 31.0 Å². The molecule has 1 aromatic heterocycles. The number of unbranched alkanes of at least 4 members (excludes halogenated alkanes) is 9. The fraction of sp³-hybridized carbons (Fsp3) is 0.750. The van der Waals surface area contributed by atoms with E-state index in [0.29, 0.717) is 12.0 Å². The molecule has 2 N–H and O–H groups in total. The second-order valence-corrected chi connectivity index (χ2v) is 8.97. The molecule has 0 spiro atoms. The van der Waals surface area contributed by atoms with E-state index in [1.165, 1.54) is 6.20 Å². The van der Waals surface area contributed by atoms with Gasteiger partial charge in [-0.25, -0.2) is 9.18 Å². The Morgan fingerprint density at radius 3 is 2.21 bits per heavy atom. The Morgan fingerprint density at radius 1 is 1.06 bits per heavy atom. The molecular weight excluding hydrogens is 447 g/mol. The van der Waals surface area contributed by atoms with Crippen LogP contribution >= 0.6 is 0 Å². The van der Waals surface area contributed by atoms with Crippen LogP contribution in [0.1, 0.15) is 95.3 Å². The molecular formula is C24H37FN2O7. The van der Waals surface area contributed by atoms with E-state index < -0.39 is 41.7 Å². The van der Waals surface area contributed by atoms with Crippen molar-refractivity contribution in [1.82, 2.24) is 9.55 Å². The fourth-order valence-electron chi connectivity index (χ4n) is 4.02. The number of carbonyl (C=O) groups is 2. The van der Waals surface area contributed by atoms with Crippen molar-refractivity contribution in [3.63, 3.8) is 0 Å². The monoisotopic (exact) mass is 484 g/mol. The third kappa shape index (κ3) is 9.79. The van der Waals surface area contributed by atoms with Gasteiger partial charge < -0.3 is 14.6 Å². The van der Waals surface area contributed by atoms with Crippen LogP contribution in [0.5, 0.6) is 0 Å². The molecule has 1 aliphatic rings. The van der Waals surface area contributed by atoms with Gasteiger partial charge in [-0.3, -0.25) is 23.9 Å². The van der Waals surface area contributed by atoms with Gasteiger partial charge in [0.05, 0.1) is 0 Å². The van der Waals surface area contributed by atoms with Crippen molar-refractivity contribution < 1.29 is 28.6 Å². The minimum absolute atomic E-state index is 0.0596. The van der Waals surface area contributed by atoms with Gasteiger partial charge in [-0.1, -0.05) is 51.4 Å². The summed E-state index contributed by atoms with van der Waals surface area (Å²) in [7, 11) is 0. The van der Waals surface area contributed by atoms with E-state index in [1.807, 2.05) is 0 Å². The van der Waals surface area contributed by atoms with Crippen molar-refractivity contribution in [2.75, 3.05) is 6.61 Å². The number of H-pyrrole nitrogens is 1. The summed E-state index contributed by atoms with van der Waals surface area (Å²) in [6.45, 7) is 1.34. The Morgan fingerprint density at radius 2 is 1.62 bits per heavy atom. The molecule has 34 heavy (non-hydrogen) atoms. The highest BCUT2D eigenvalue weighted by Crippen LogP contribution is 2.30. The zero-order chi connectivity index (χ0) is 24.9. The van der Waals surface area contributed by atoms with Gasteiger partial charge in [0.25, 0.3) is 5.56 Å². The largest absolute Gasteiger partial charge is 0.481 e. The molecule has 1 saturated heterocycles. The standard InChI is InChI=1S/C24H37FN2O7/c1-17-15-27(24(32)26-23(17)31)20-14-18(25)19(34-20)16-33-22(30)13-11-9-7-5-3-2-4-6-8-10-12-21(28)29/h15,18-20H,2-14,16H2,1H3,(H,28,29)(H,26,31,32)/t18-,19+,20+/m0/s1. The third-order valence-corrected chi connectivity index (χ3v) is 6.05. The van der Waals surface area contributed by atoms with Crippen LogP contribution in [-0.2, 0) is 19.1 Å². The lowest BCUT2D eigenvalue weighted by Crippen LogP contribution is -2.33. The number of aromatic nitrogens is 2. The lowest BCUT2D eigenvalue weighted by molar-refractivity contribution is -0.149. The zero-order valence-corrected chi connectivity index (χ0v) is 19.9. The molecule has 0 bridgehead atoms. The van der Waals surface area contributed by atoms with Crippen molar-refractivity contribution in [3.05, 3.63) is 32.6 Å². The topological polar surface area (TPSA) is 128 Å². The van der Waals surface area contributed by atoms with Gasteiger partial charge >= 0.3 is 17.6 Å². The number of carbonyl (C=O) groups excluding carboxylic acids is 1. The number of aryl methyl sites for hydroxylation is 1. The average Bonchev–Trinajstić information content (AvgIpc) is 3.15. The van der Waals surface area contributed by atoms with Crippen LogP contribution in [0, 0.1) is 6.92 Å². The van der Waals surface area contributed by atoms with E-state index in [0.717, 1.165) is 62.4 Å². The number of ether oxygens (including phenoxy) is 2. The van der Waals surface area contributed by atoms with Crippen LogP contribution in [0.3, 0.4) is 0 Å². The molecule has 0 saturated carbocycles. The maximum atomic E-state index is 14.3. The summed E-state index contributed by atoms with van der Waals surface area (Å²) < 4.78 is 26.2. The van der Waals surface area contributed by atoms with Gasteiger partial charge in [-0.15, -0.1) is 0 Å². The van der Waals surface area contributed by atoms with Gasteiger partial charge in [0.15, 0.2) is 0 Å². The predicted molar refractivity (Wildman–Crippen MR) is 123 cm³/mol. The number of hydrogen-bond acceptors (Lipinski definition) is 6. The Kier molecular flexibility index (Phi) is 12.0. The second kappa shape index (κ2) is 14.7. The molecule has 9 nitrogen and oxygen atoms in total. The number of hydrogen-bond donors (Lipinski definition) is 2. The first kappa shape index (κ1) is 27.8. The number of carboxylic acid groups (broad SMARTS) is 1. The number of aliphatic carboxylic acids is 1. The number of nitrogens with one attached hydrogen (secondary N) is 1. The van der Waals surface area contributed by atoms with Crippen molar-refractivity contribution in [3.8, 4) is 0 Å². The normalized spacial score (nSPS) is 19.9. The minimum Gasteiger partial charge on any atom is -0.481 e. The van der Waals surface area contributed by atoms with E-state index in [9.17, 15) is 23.6 Å². The summed E-state index contributed by atoms with van der Waals surface area (Å²) in [5, 5.41) is 8.58. The molecule has 2 heterocycles. The van der Waals surface area contributed by atoms with Crippen LogP contribution in [0.25, 0.3) is 0 Å². The number of rotatable bonds is 16. The molecule has 0 radical (unpaired) electrons. The number of esters is 1. The quantitative estimate of drug-likeness (QED) is 0.270. The highest BCUT2D eigenvalue weighted by molar-refractivity contribution is 5.69. The Balaban J connectivity index is 1.52. The fourth-order valence-corrected chi connectivity index (χ4v) is 4.02. The van der Waals surface area contributed by atoms with Crippen molar-refractivity contribution in [2.45, 2.75) is 109 Å². The number of aromatic amines is 1. The number of nitrogens with zero attached hydrogens (tertiary/aromatic N) is 1. The van der Waals surface area contributed by atoms with E-state index >= 15 is 0 Å². The molecule has 0 unspecified atom stereocenters. The molecule has 0 aliphatic carbocycles. The zero-order valence-electron chi connectivity index (χ0n) is 19.9. The van der Waals surface area contributed by atoms with Gasteiger partial charge in [-0.05, 0) is 19.8 Å². The first-order valence-corrected chi connectivity index (χ1v) is 12.3. The maximum Gasteiger partial charge on any atom is 0.330 e. The second-order valence-electron chi connectivity index (χ2n) is 8.97. The highest BCUT2D eigenvalue weighted by atomic mass is 19.1. The van der Waals surface area contributed by atoms with Gasteiger partial charge in [0.1, 0.15) is 25.1 Å². The molecule has 10 heteroatoms. The minimum atomic E-state index is -1.38. The lowest BCUT2D eigenvalue weighted by Gasteiger charge is -2.16. The van der Waals surface area contributed by atoms with Gasteiger partial charge in [-0.2, -0.15) is 0 Å². The summed E-state index contributed by atoms with van der Waals surface area (Å²) in [6.07, 6.45) is 8.62. The van der Waals surface area contributed by atoms with Crippen molar-refractivity contribution >= 4 is 11.9 Å². The predicted octanol–water partition coefficient (Wildman–Crippen LogP) is 3.78. The molecule has 2 rings (SSSR count). The van der Waals surface area contributed by atoms with Crippen LogP contribution in [0.15, 0.2) is 15.8 Å². The van der Waals surface area contributed by atoms with E-state index in [-0.39, 0.29) is 25.9 Å². The lowest BCUT2D eigenvalue weighted by atomic mass is 10.1. The summed E-state index contributed by atoms with van der Waals surface area (Å²) >= 11 is 0. The van der Waals surface area contributed by atoms with Crippen molar-refractivity contribution in [1.29, 1.82) is 0 Å². The van der Waals surface area contributed by atoms with E-state index in [1.54, 1.807) is 6.92 Å². The summed E-state index contributed by atoms with van der Waals surface area (Å²) in [5.74, 6) is -1.12. The molecule has 3 atom stereocenters. The molecule has 1 fully saturated rings. The van der Waals surface area contributed by atoms with E-state index in [4.69, 9.17) is 14.6 Å². The Hall–Kier alpha value is -2.49. The smallest absolute Gasteiger partial charge is 0.330 e. The average molecular weight is 485 g/mol. The van der Waals surface area contributed by atoms with Crippen LogP contribution in [0.4, 0.5) is 4.39 Å². The number of alkyl halides is 1. The third-order valence-electron chi connectivity index (χ3n) is 6.05. The van der Waals surface area contributed by atoms with Crippen LogP contribution in [0.2, 0.25) is 0 Å². The summed E-state index contributed by atoms with van der Waals surface area (Å²) in [4.78, 5) is 48.0. The molecule has 1 aliphatic heterocycles. The molecule has 1 aromatic rings. The summed E-state index contributed by atoms with van der Waals surface area (Å²) in [5.41, 5.74) is -0.839. The Bertz CT molecular complexity index is 898. The Labute approximate surface area is 198 Å². The van der Waals surface area contributed by atoms with Crippen LogP contribution < -0.4 is 11.2 Å². The highest BCUT2D eigenvalue weighted by Gasteiger charge is 2.37. The van der Waals surface area contributed by atoms with Crippen molar-refractivity contribution in [2.24, 2.45) is 0 Å². The van der Waals surface area contributed by atoms with Crippen LogP contribution in [-0.4, -0.2) is 45.5 Å². The number of carboxylic acids is 1. The summed E-state index contributed by atoms with van der Waals surface area (Å²) in [6, 6.07) is 0. The van der Waals surface area contributed by atoms with E-state index in [2.05, 4.69) is 4.98 Å². The first-order chi connectivity index (χ1) is 16.3. The van der Waals surface area contributed by atoms with Gasteiger partial charge in [0.2, 0.25) is 0 Å². The molecule has 0 amide bonds.